The molecule has 0 radical (unpaired) electrons. The lowest BCUT2D eigenvalue weighted by Crippen LogP contribution is -2.42. The fourth-order valence-corrected chi connectivity index (χ4v) is 1.54. The predicted molar refractivity (Wildman–Crippen MR) is 64.6 cm³/mol. The zero-order valence-electron chi connectivity index (χ0n) is 10.5. The lowest BCUT2D eigenvalue weighted by atomic mass is 10.3. The summed E-state index contributed by atoms with van der Waals surface area (Å²) in [7, 11) is 0. The van der Waals surface area contributed by atoms with Crippen LogP contribution in [-0.4, -0.2) is 44.7 Å². The highest BCUT2D eigenvalue weighted by atomic mass is 16.3. The first-order chi connectivity index (χ1) is 8.69. The molecule has 0 spiro atoms. The first-order valence-corrected chi connectivity index (χ1v) is 6.22. The van der Waals surface area contributed by atoms with Gasteiger partial charge >= 0.3 is 0 Å². The number of nitrogens with zero attached hydrogens (tertiary/aromatic N) is 3. The predicted octanol–water partition coefficient (Wildman–Crippen LogP) is -0.973. The van der Waals surface area contributed by atoms with E-state index in [1.807, 2.05) is 6.92 Å². The second-order valence-electron chi connectivity index (χ2n) is 4.58. The van der Waals surface area contributed by atoms with E-state index in [4.69, 9.17) is 5.11 Å². The third-order valence-electron chi connectivity index (χ3n) is 2.82. The first-order valence-electron chi connectivity index (χ1n) is 6.22. The van der Waals surface area contributed by atoms with E-state index in [1.54, 1.807) is 10.9 Å². The highest BCUT2D eigenvalue weighted by Crippen LogP contribution is 2.18. The molecule has 1 aliphatic carbocycles. The van der Waals surface area contributed by atoms with Crippen molar-refractivity contribution in [2.45, 2.75) is 44.9 Å². The summed E-state index contributed by atoms with van der Waals surface area (Å²) in [6.45, 7) is 2.79. The van der Waals surface area contributed by atoms with Crippen LogP contribution in [0.15, 0.2) is 6.20 Å². The summed E-state index contributed by atoms with van der Waals surface area (Å²) in [5.41, 5.74) is 0.759. The molecular formula is C11H19N5O2. The van der Waals surface area contributed by atoms with Gasteiger partial charge in [0, 0.05) is 18.8 Å². The fraction of sp³-hybridized carbons (Fsp3) is 0.727. The Bertz CT molecular complexity index is 402. The molecule has 7 nitrogen and oxygen atoms in total. The quantitative estimate of drug-likeness (QED) is 0.581. The average Bonchev–Trinajstić information content (AvgIpc) is 3.05. The van der Waals surface area contributed by atoms with Crippen molar-refractivity contribution >= 4 is 5.91 Å². The maximum Gasteiger partial charge on any atom is 0.237 e. The van der Waals surface area contributed by atoms with Gasteiger partial charge in [-0.25, -0.2) is 4.68 Å². The third-order valence-corrected chi connectivity index (χ3v) is 2.82. The van der Waals surface area contributed by atoms with Crippen LogP contribution in [0.2, 0.25) is 0 Å². The van der Waals surface area contributed by atoms with Gasteiger partial charge in [0.2, 0.25) is 5.91 Å². The summed E-state index contributed by atoms with van der Waals surface area (Å²) in [6.07, 6.45) is 3.94. The van der Waals surface area contributed by atoms with Crippen LogP contribution in [-0.2, 0) is 17.9 Å². The number of amides is 1. The van der Waals surface area contributed by atoms with Crippen molar-refractivity contribution in [1.82, 2.24) is 25.6 Å². The maximum absolute atomic E-state index is 11.7. The van der Waals surface area contributed by atoms with Crippen LogP contribution in [0, 0.1) is 0 Å². The van der Waals surface area contributed by atoms with Crippen LogP contribution in [0.1, 0.15) is 25.5 Å². The van der Waals surface area contributed by atoms with Crippen molar-refractivity contribution in [3.63, 3.8) is 0 Å². The number of hydrogen-bond donors (Lipinski definition) is 3. The Kier molecular flexibility index (Phi) is 4.27. The van der Waals surface area contributed by atoms with E-state index in [9.17, 15) is 4.79 Å². The smallest absolute Gasteiger partial charge is 0.237 e. The van der Waals surface area contributed by atoms with Gasteiger partial charge in [0.05, 0.1) is 24.9 Å². The zero-order chi connectivity index (χ0) is 13.0. The molecule has 1 aliphatic rings. The van der Waals surface area contributed by atoms with Crippen LogP contribution >= 0.6 is 0 Å². The second-order valence-corrected chi connectivity index (χ2v) is 4.58. The number of aliphatic hydroxyl groups is 1. The molecule has 18 heavy (non-hydrogen) atoms. The largest absolute Gasteiger partial charge is 0.394 e. The highest BCUT2D eigenvalue weighted by Gasteiger charge is 2.25. The van der Waals surface area contributed by atoms with Crippen molar-refractivity contribution in [2.75, 3.05) is 6.61 Å². The lowest BCUT2D eigenvalue weighted by Gasteiger charge is -2.12. The number of aliphatic hydroxyl groups excluding tert-OH is 1. The van der Waals surface area contributed by atoms with Crippen LogP contribution < -0.4 is 10.6 Å². The SMILES string of the molecule is CC(NCc1cn(CCO)nn1)C(=O)NC1CC1. The van der Waals surface area contributed by atoms with Gasteiger partial charge in [-0.2, -0.15) is 0 Å². The number of aromatic nitrogens is 3. The molecule has 0 bridgehead atoms. The van der Waals surface area contributed by atoms with E-state index in [2.05, 4.69) is 20.9 Å². The van der Waals surface area contributed by atoms with Crippen LogP contribution in [0.5, 0.6) is 0 Å². The summed E-state index contributed by atoms with van der Waals surface area (Å²) in [5.74, 6) is 0.0280. The van der Waals surface area contributed by atoms with Crippen LogP contribution in [0.25, 0.3) is 0 Å². The molecule has 1 amide bonds. The van der Waals surface area contributed by atoms with Gasteiger partial charge in [0.25, 0.3) is 0 Å². The summed E-state index contributed by atoms with van der Waals surface area (Å²) in [5, 5.41) is 22.6. The monoisotopic (exact) mass is 253 g/mol. The number of hydrogen-bond acceptors (Lipinski definition) is 5. The van der Waals surface area contributed by atoms with Crippen LogP contribution in [0.3, 0.4) is 0 Å². The average molecular weight is 253 g/mol. The number of rotatable bonds is 7. The minimum absolute atomic E-state index is 0.0280. The summed E-state index contributed by atoms with van der Waals surface area (Å²) >= 11 is 0. The second kappa shape index (κ2) is 5.92. The molecule has 1 aromatic heterocycles. The Morgan fingerprint density at radius 3 is 3.11 bits per heavy atom. The fourth-order valence-electron chi connectivity index (χ4n) is 1.54. The number of carbonyl (C=O) groups excluding carboxylic acids is 1. The van der Waals surface area contributed by atoms with Gasteiger partial charge < -0.3 is 15.7 Å². The molecule has 7 heteroatoms. The molecule has 1 saturated carbocycles. The Balaban J connectivity index is 1.73. The number of carbonyl (C=O) groups is 1. The van der Waals surface area contributed by atoms with E-state index in [1.165, 1.54) is 0 Å². The molecule has 3 N–H and O–H groups in total. The van der Waals surface area contributed by atoms with Gasteiger partial charge in [-0.3, -0.25) is 4.79 Å². The highest BCUT2D eigenvalue weighted by molar-refractivity contribution is 5.81. The molecule has 2 rings (SSSR count). The van der Waals surface area contributed by atoms with Crippen molar-refractivity contribution in [1.29, 1.82) is 0 Å². The van der Waals surface area contributed by atoms with E-state index in [0.29, 0.717) is 19.1 Å². The molecule has 1 fully saturated rings. The zero-order valence-corrected chi connectivity index (χ0v) is 10.5. The topological polar surface area (TPSA) is 92.1 Å². The summed E-state index contributed by atoms with van der Waals surface area (Å²) < 4.78 is 1.58. The molecule has 0 saturated heterocycles. The first kappa shape index (κ1) is 13.0. The molecule has 0 aromatic carbocycles. The van der Waals surface area contributed by atoms with Crippen molar-refractivity contribution in [3.8, 4) is 0 Å². The molecule has 0 aliphatic heterocycles. The standard InChI is InChI=1S/C11H19N5O2/c1-8(11(18)13-9-2-3-9)12-6-10-7-16(4-5-17)15-14-10/h7-9,12,17H,2-6H2,1H3,(H,13,18). The van der Waals surface area contributed by atoms with E-state index in [0.717, 1.165) is 18.5 Å². The van der Waals surface area contributed by atoms with Gasteiger partial charge in [-0.05, 0) is 19.8 Å². The Morgan fingerprint density at radius 2 is 2.44 bits per heavy atom. The molecule has 100 valence electrons. The van der Waals surface area contributed by atoms with Gasteiger partial charge in [-0.1, -0.05) is 5.21 Å². The minimum Gasteiger partial charge on any atom is -0.394 e. The van der Waals surface area contributed by atoms with E-state index in [-0.39, 0.29) is 18.6 Å². The number of nitrogens with one attached hydrogen (secondary N) is 2. The molecular weight excluding hydrogens is 234 g/mol. The normalized spacial score (nSPS) is 16.6. The van der Waals surface area contributed by atoms with Gasteiger partial charge in [-0.15, -0.1) is 5.10 Å². The summed E-state index contributed by atoms with van der Waals surface area (Å²) in [4.78, 5) is 11.7. The molecule has 1 atom stereocenters. The maximum atomic E-state index is 11.7. The van der Waals surface area contributed by atoms with Crippen LogP contribution in [0.4, 0.5) is 0 Å². The third kappa shape index (κ3) is 3.78. The summed E-state index contributed by atoms with van der Waals surface area (Å²) in [6, 6.07) is 0.140. The Labute approximate surface area is 106 Å². The van der Waals surface area contributed by atoms with Crippen molar-refractivity contribution in [2.24, 2.45) is 0 Å². The van der Waals surface area contributed by atoms with Crippen molar-refractivity contribution in [3.05, 3.63) is 11.9 Å². The van der Waals surface area contributed by atoms with E-state index < -0.39 is 0 Å². The molecule has 1 aromatic rings. The molecule has 1 heterocycles. The van der Waals surface area contributed by atoms with Gasteiger partial charge in [0.15, 0.2) is 0 Å². The Morgan fingerprint density at radius 1 is 1.67 bits per heavy atom. The van der Waals surface area contributed by atoms with Gasteiger partial charge in [0.1, 0.15) is 0 Å². The van der Waals surface area contributed by atoms with Crippen molar-refractivity contribution < 1.29 is 9.90 Å². The molecule has 1 unspecified atom stereocenters. The van der Waals surface area contributed by atoms with E-state index >= 15 is 0 Å². The minimum atomic E-state index is -0.242. The Hall–Kier alpha value is -1.47. The lowest BCUT2D eigenvalue weighted by molar-refractivity contribution is -0.122.